The summed E-state index contributed by atoms with van der Waals surface area (Å²) in [6.07, 6.45) is 7.01. The van der Waals surface area contributed by atoms with Crippen molar-refractivity contribution in [1.29, 1.82) is 0 Å². The molecule has 1 aromatic heterocycles. The molecule has 2 aliphatic rings. The second kappa shape index (κ2) is 6.42. The quantitative estimate of drug-likeness (QED) is 0.832. The average molecular weight is 323 g/mol. The van der Waals surface area contributed by atoms with Gasteiger partial charge in [-0.25, -0.2) is 4.98 Å². The highest BCUT2D eigenvalue weighted by molar-refractivity contribution is 7.99. The summed E-state index contributed by atoms with van der Waals surface area (Å²) >= 11 is 1.55. The summed E-state index contributed by atoms with van der Waals surface area (Å²) in [7, 11) is 0. The molecule has 22 heavy (non-hydrogen) atoms. The highest BCUT2D eigenvalue weighted by Crippen LogP contribution is 2.35. The van der Waals surface area contributed by atoms with E-state index in [2.05, 4.69) is 9.97 Å². The highest BCUT2D eigenvalue weighted by Gasteiger charge is 2.49. The van der Waals surface area contributed by atoms with Crippen LogP contribution in [0.1, 0.15) is 18.5 Å². The lowest BCUT2D eigenvalue weighted by atomic mass is 9.84. The third-order valence-corrected chi connectivity index (χ3v) is 4.58. The zero-order chi connectivity index (χ0) is 15.6. The molecule has 0 aliphatic carbocycles. The van der Waals surface area contributed by atoms with Crippen LogP contribution in [0.2, 0.25) is 0 Å². The molecule has 1 unspecified atom stereocenters. The smallest absolute Gasteiger partial charge is 0.232 e. The van der Waals surface area contributed by atoms with Gasteiger partial charge < -0.3 is 14.4 Å². The summed E-state index contributed by atoms with van der Waals surface area (Å²) in [5.41, 5.74) is 0.616. The fourth-order valence-electron chi connectivity index (χ4n) is 3.01. The second-order valence-corrected chi connectivity index (χ2v) is 6.81. The van der Waals surface area contributed by atoms with Crippen LogP contribution in [-0.4, -0.2) is 64.2 Å². The van der Waals surface area contributed by atoms with Crippen LogP contribution in [0.3, 0.4) is 0 Å². The zero-order valence-electron chi connectivity index (χ0n) is 12.9. The summed E-state index contributed by atoms with van der Waals surface area (Å²) in [5, 5.41) is 0. The molecule has 3 heterocycles. The van der Waals surface area contributed by atoms with Gasteiger partial charge in [-0.3, -0.25) is 9.78 Å². The summed E-state index contributed by atoms with van der Waals surface area (Å²) in [4.78, 5) is 22.2. The van der Waals surface area contributed by atoms with Gasteiger partial charge in [0.1, 0.15) is 11.7 Å². The van der Waals surface area contributed by atoms with Crippen LogP contribution in [0.15, 0.2) is 12.4 Å². The standard InChI is InChI=1S/C15H21N3O3S/c1-11-6-16-7-13(17-11)21-12-3-4-20-15(5-12)9-18(10-15)14(19)8-22-2/h6-7,12H,3-5,8-10H2,1-2H3. The molecule has 7 heteroatoms. The number of amides is 1. The minimum Gasteiger partial charge on any atom is -0.473 e. The predicted molar refractivity (Wildman–Crippen MR) is 84.1 cm³/mol. The van der Waals surface area contributed by atoms with Gasteiger partial charge in [0.25, 0.3) is 0 Å². The van der Waals surface area contributed by atoms with Crippen LogP contribution in [0, 0.1) is 6.92 Å². The van der Waals surface area contributed by atoms with Gasteiger partial charge in [0.05, 0.1) is 37.3 Å². The number of hydrogen-bond acceptors (Lipinski definition) is 6. The first-order valence-corrected chi connectivity index (χ1v) is 8.86. The van der Waals surface area contributed by atoms with Gasteiger partial charge in [0.15, 0.2) is 0 Å². The Balaban J connectivity index is 1.56. The van der Waals surface area contributed by atoms with Crippen LogP contribution in [0.5, 0.6) is 5.88 Å². The number of likely N-dealkylation sites (tertiary alicyclic amines) is 1. The zero-order valence-corrected chi connectivity index (χ0v) is 13.8. The van der Waals surface area contributed by atoms with Gasteiger partial charge in [-0.15, -0.1) is 0 Å². The second-order valence-electron chi connectivity index (χ2n) is 5.95. The molecule has 0 bridgehead atoms. The lowest BCUT2D eigenvalue weighted by molar-refractivity contribution is -0.191. The number of hydrogen-bond donors (Lipinski definition) is 0. The van der Waals surface area contributed by atoms with Crippen LogP contribution in [0.4, 0.5) is 0 Å². The van der Waals surface area contributed by atoms with Crippen LogP contribution in [-0.2, 0) is 9.53 Å². The molecule has 1 atom stereocenters. The van der Waals surface area contributed by atoms with E-state index in [1.807, 2.05) is 18.1 Å². The van der Waals surface area contributed by atoms with Crippen molar-refractivity contribution in [3.63, 3.8) is 0 Å². The molecule has 0 saturated carbocycles. The van der Waals surface area contributed by atoms with E-state index in [0.29, 0.717) is 31.3 Å². The summed E-state index contributed by atoms with van der Waals surface area (Å²) in [5.74, 6) is 1.29. The first-order chi connectivity index (χ1) is 10.6. The Morgan fingerprint density at radius 1 is 1.55 bits per heavy atom. The third-order valence-electron chi connectivity index (χ3n) is 4.05. The molecule has 0 aromatic carbocycles. The van der Waals surface area contributed by atoms with Crippen molar-refractivity contribution in [2.75, 3.05) is 31.7 Å². The first kappa shape index (κ1) is 15.6. The largest absolute Gasteiger partial charge is 0.473 e. The molecular weight excluding hydrogens is 302 g/mol. The predicted octanol–water partition coefficient (Wildman–Crippen LogP) is 1.29. The van der Waals surface area contributed by atoms with Crippen molar-refractivity contribution in [2.24, 2.45) is 0 Å². The molecule has 0 radical (unpaired) electrons. The molecule has 1 spiro atoms. The van der Waals surface area contributed by atoms with Crippen molar-refractivity contribution in [3.8, 4) is 5.88 Å². The first-order valence-electron chi connectivity index (χ1n) is 7.46. The van der Waals surface area contributed by atoms with Crippen molar-refractivity contribution in [1.82, 2.24) is 14.9 Å². The number of thioether (sulfide) groups is 1. The Hall–Kier alpha value is -1.34. The fraction of sp³-hybridized carbons (Fsp3) is 0.667. The van der Waals surface area contributed by atoms with Gasteiger partial charge in [0, 0.05) is 19.0 Å². The molecule has 6 nitrogen and oxygen atoms in total. The maximum Gasteiger partial charge on any atom is 0.232 e. The summed E-state index contributed by atoms with van der Waals surface area (Å²) in [6.45, 7) is 3.90. The highest BCUT2D eigenvalue weighted by atomic mass is 32.2. The van der Waals surface area contributed by atoms with E-state index in [1.165, 1.54) is 0 Å². The van der Waals surface area contributed by atoms with Gasteiger partial charge in [0.2, 0.25) is 11.8 Å². The average Bonchev–Trinajstić information content (AvgIpc) is 2.45. The van der Waals surface area contributed by atoms with Crippen LogP contribution in [0.25, 0.3) is 0 Å². The number of rotatable bonds is 4. The van der Waals surface area contributed by atoms with E-state index in [4.69, 9.17) is 9.47 Å². The molecule has 2 aliphatic heterocycles. The van der Waals surface area contributed by atoms with Crippen molar-refractivity contribution in [2.45, 2.75) is 31.5 Å². The number of ether oxygens (including phenoxy) is 2. The topological polar surface area (TPSA) is 64.6 Å². The lowest BCUT2D eigenvalue weighted by Gasteiger charge is -2.52. The lowest BCUT2D eigenvalue weighted by Crippen LogP contribution is -2.67. The molecular formula is C15H21N3O3S. The monoisotopic (exact) mass is 323 g/mol. The van der Waals surface area contributed by atoms with E-state index in [1.54, 1.807) is 24.2 Å². The number of aromatic nitrogens is 2. The Morgan fingerprint density at radius 2 is 2.36 bits per heavy atom. The van der Waals surface area contributed by atoms with E-state index in [9.17, 15) is 4.79 Å². The minimum atomic E-state index is -0.228. The summed E-state index contributed by atoms with van der Waals surface area (Å²) < 4.78 is 11.9. The number of nitrogens with zero attached hydrogens (tertiary/aromatic N) is 3. The Labute approximate surface area is 134 Å². The maximum atomic E-state index is 11.9. The normalized spacial score (nSPS) is 23.2. The van der Waals surface area contributed by atoms with E-state index >= 15 is 0 Å². The molecule has 2 fully saturated rings. The summed E-state index contributed by atoms with van der Waals surface area (Å²) in [6, 6.07) is 0. The van der Waals surface area contributed by atoms with Crippen LogP contribution < -0.4 is 4.74 Å². The maximum absolute atomic E-state index is 11.9. The third kappa shape index (κ3) is 3.35. The SMILES string of the molecule is CSCC(=O)N1CC2(CC(Oc3cncc(C)n3)CCO2)C1. The van der Waals surface area contributed by atoms with Crippen molar-refractivity contribution < 1.29 is 14.3 Å². The van der Waals surface area contributed by atoms with Crippen molar-refractivity contribution >= 4 is 17.7 Å². The van der Waals surface area contributed by atoms with Gasteiger partial charge in [-0.2, -0.15) is 11.8 Å². The molecule has 0 N–H and O–H groups in total. The molecule has 2 saturated heterocycles. The number of carbonyl (C=O) groups excluding carboxylic acids is 1. The van der Waals surface area contributed by atoms with E-state index in [-0.39, 0.29) is 17.6 Å². The number of carbonyl (C=O) groups is 1. The number of aryl methyl sites for hydroxylation is 1. The van der Waals surface area contributed by atoms with E-state index < -0.39 is 0 Å². The molecule has 1 aromatic rings. The van der Waals surface area contributed by atoms with Crippen molar-refractivity contribution in [3.05, 3.63) is 18.1 Å². The molecule has 120 valence electrons. The Kier molecular flexibility index (Phi) is 4.54. The molecule has 1 amide bonds. The van der Waals surface area contributed by atoms with Gasteiger partial charge >= 0.3 is 0 Å². The Morgan fingerprint density at radius 3 is 3.09 bits per heavy atom. The minimum absolute atomic E-state index is 0.0719. The molecule has 3 rings (SSSR count). The fourth-order valence-corrected chi connectivity index (χ4v) is 3.44. The van der Waals surface area contributed by atoms with Crippen LogP contribution >= 0.6 is 11.8 Å². The Bertz CT molecular complexity index is 549. The van der Waals surface area contributed by atoms with Gasteiger partial charge in [-0.05, 0) is 13.2 Å². The van der Waals surface area contributed by atoms with E-state index in [0.717, 1.165) is 18.5 Å². The van der Waals surface area contributed by atoms with Gasteiger partial charge in [-0.1, -0.05) is 0 Å².